The molecule has 27 heavy (non-hydrogen) atoms. The van der Waals surface area contributed by atoms with Crippen molar-refractivity contribution in [2.45, 2.75) is 0 Å². The van der Waals surface area contributed by atoms with Gasteiger partial charge in [-0.1, -0.05) is 34.1 Å². The summed E-state index contributed by atoms with van der Waals surface area (Å²) in [5.41, 5.74) is 2.89. The third-order valence-corrected chi connectivity index (χ3v) is 4.40. The first-order chi connectivity index (χ1) is 13.2. The van der Waals surface area contributed by atoms with Gasteiger partial charge >= 0.3 is 0 Å². The molecule has 1 heterocycles. The molecular weight excluding hydrogens is 408 g/mol. The highest BCUT2D eigenvalue weighted by molar-refractivity contribution is 9.10. The zero-order valence-corrected chi connectivity index (χ0v) is 15.8. The second-order valence-corrected chi connectivity index (χ2v) is 6.77. The van der Waals surface area contributed by atoms with Crippen LogP contribution in [-0.2, 0) is 4.79 Å². The highest BCUT2D eigenvalue weighted by Gasteiger charge is 2.10. The van der Waals surface area contributed by atoms with Gasteiger partial charge in [-0.3, -0.25) is 4.79 Å². The van der Waals surface area contributed by atoms with Crippen LogP contribution < -0.4 is 10.1 Å². The van der Waals surface area contributed by atoms with Gasteiger partial charge in [-0.05, 0) is 54.6 Å². The van der Waals surface area contributed by atoms with Crippen LogP contribution in [0.5, 0.6) is 5.75 Å². The lowest BCUT2D eigenvalue weighted by molar-refractivity contribution is -0.118. The summed E-state index contributed by atoms with van der Waals surface area (Å²) in [6.07, 6.45) is 0. The number of anilines is 1. The average Bonchev–Trinajstić information content (AvgIpc) is 3.12. The van der Waals surface area contributed by atoms with Crippen LogP contribution in [0.2, 0.25) is 0 Å². The van der Waals surface area contributed by atoms with Crippen LogP contribution in [0, 0.1) is 0 Å². The molecule has 0 unspecified atom stereocenters. The maximum atomic E-state index is 12.1. The quantitative estimate of drug-likeness (QED) is 0.475. The van der Waals surface area contributed by atoms with Gasteiger partial charge in [0.05, 0.1) is 0 Å². The molecule has 0 aliphatic carbocycles. The lowest BCUT2D eigenvalue weighted by Gasteiger charge is -2.07. The molecule has 0 saturated heterocycles. The van der Waals surface area contributed by atoms with Crippen molar-refractivity contribution in [2.24, 2.45) is 0 Å². The first-order valence-electron chi connectivity index (χ1n) is 8.32. The molecule has 0 atom stereocenters. The molecule has 0 saturated carbocycles. The first kappa shape index (κ1) is 17.3. The summed E-state index contributed by atoms with van der Waals surface area (Å²) in [5.74, 6) is 0.935. The molecule has 3 aromatic carbocycles. The van der Waals surface area contributed by atoms with Crippen molar-refractivity contribution in [1.82, 2.24) is 4.98 Å². The maximum Gasteiger partial charge on any atom is 0.262 e. The highest BCUT2D eigenvalue weighted by Crippen LogP contribution is 2.26. The Morgan fingerprint density at radius 1 is 1.04 bits per heavy atom. The lowest BCUT2D eigenvalue weighted by Crippen LogP contribution is -2.20. The molecule has 4 rings (SSSR count). The fourth-order valence-corrected chi connectivity index (χ4v) is 2.85. The predicted octanol–water partition coefficient (Wildman–Crippen LogP) is 5.27. The minimum absolute atomic E-state index is 0.0756. The first-order valence-corrected chi connectivity index (χ1v) is 9.11. The summed E-state index contributed by atoms with van der Waals surface area (Å²) >= 11 is 3.36. The number of benzene rings is 3. The van der Waals surface area contributed by atoms with Gasteiger partial charge in [-0.25, -0.2) is 4.98 Å². The van der Waals surface area contributed by atoms with Crippen molar-refractivity contribution in [1.29, 1.82) is 0 Å². The number of hydrogen-bond donors (Lipinski definition) is 1. The number of carbonyl (C=O) groups is 1. The monoisotopic (exact) mass is 422 g/mol. The van der Waals surface area contributed by atoms with E-state index in [1.807, 2.05) is 42.5 Å². The Labute approximate surface area is 164 Å². The fourth-order valence-electron chi connectivity index (χ4n) is 2.59. The third kappa shape index (κ3) is 4.17. The van der Waals surface area contributed by atoms with Crippen molar-refractivity contribution >= 4 is 38.6 Å². The molecule has 0 spiro atoms. The molecule has 134 valence electrons. The highest BCUT2D eigenvalue weighted by atomic mass is 79.9. The molecule has 6 heteroatoms. The molecular formula is C21H15BrN2O3. The second kappa shape index (κ2) is 7.63. The second-order valence-electron chi connectivity index (χ2n) is 5.86. The van der Waals surface area contributed by atoms with E-state index in [4.69, 9.17) is 9.15 Å². The minimum atomic E-state index is -0.246. The SMILES string of the molecule is O=C(COc1ccc(Br)cc1)Nc1ccc2oc(-c3ccccc3)nc2c1. The van der Waals surface area contributed by atoms with Crippen molar-refractivity contribution in [3.8, 4) is 17.2 Å². The zero-order chi connectivity index (χ0) is 18.6. The molecule has 1 amide bonds. The van der Waals surface area contributed by atoms with Gasteiger partial charge in [0.25, 0.3) is 5.91 Å². The number of oxazole rings is 1. The summed E-state index contributed by atoms with van der Waals surface area (Å²) in [6.45, 7) is -0.0756. The van der Waals surface area contributed by atoms with Gasteiger partial charge in [0.1, 0.15) is 11.3 Å². The van der Waals surface area contributed by atoms with E-state index in [0.717, 1.165) is 10.0 Å². The fraction of sp³-hybridized carbons (Fsp3) is 0.0476. The van der Waals surface area contributed by atoms with E-state index in [-0.39, 0.29) is 12.5 Å². The molecule has 5 nitrogen and oxygen atoms in total. The standard InChI is InChI=1S/C21H15BrN2O3/c22-15-6-9-17(10-7-15)26-13-20(25)23-16-8-11-19-18(12-16)24-21(27-19)14-4-2-1-3-5-14/h1-12H,13H2,(H,23,25). The Balaban J connectivity index is 1.44. The summed E-state index contributed by atoms with van der Waals surface area (Å²) in [5, 5.41) is 2.81. The van der Waals surface area contributed by atoms with E-state index in [2.05, 4.69) is 26.2 Å². The van der Waals surface area contributed by atoms with E-state index in [0.29, 0.717) is 28.4 Å². The Hall–Kier alpha value is -3.12. The average molecular weight is 423 g/mol. The Kier molecular flexibility index (Phi) is 4.89. The Morgan fingerprint density at radius 3 is 2.59 bits per heavy atom. The van der Waals surface area contributed by atoms with Gasteiger partial charge in [0, 0.05) is 15.7 Å². The van der Waals surface area contributed by atoms with Gasteiger partial charge < -0.3 is 14.5 Å². The number of amides is 1. The topological polar surface area (TPSA) is 64.4 Å². The number of carbonyl (C=O) groups excluding carboxylic acids is 1. The molecule has 0 bridgehead atoms. The van der Waals surface area contributed by atoms with Crippen LogP contribution >= 0.6 is 15.9 Å². The number of nitrogens with one attached hydrogen (secondary N) is 1. The van der Waals surface area contributed by atoms with Gasteiger partial charge in [-0.2, -0.15) is 0 Å². The Morgan fingerprint density at radius 2 is 1.81 bits per heavy atom. The smallest absolute Gasteiger partial charge is 0.262 e. The van der Waals surface area contributed by atoms with Crippen molar-refractivity contribution in [3.63, 3.8) is 0 Å². The molecule has 1 aromatic heterocycles. The summed E-state index contributed by atoms with van der Waals surface area (Å²) in [7, 11) is 0. The molecule has 0 aliphatic rings. The number of fused-ring (bicyclic) bond motifs is 1. The zero-order valence-electron chi connectivity index (χ0n) is 14.2. The number of halogens is 1. The molecule has 0 fully saturated rings. The van der Waals surface area contributed by atoms with Gasteiger partial charge in [-0.15, -0.1) is 0 Å². The summed E-state index contributed by atoms with van der Waals surface area (Å²) in [6, 6.07) is 22.3. The predicted molar refractivity (Wildman–Crippen MR) is 108 cm³/mol. The van der Waals surface area contributed by atoms with Crippen LogP contribution in [-0.4, -0.2) is 17.5 Å². The Bertz CT molecular complexity index is 1080. The minimum Gasteiger partial charge on any atom is -0.484 e. The van der Waals surface area contributed by atoms with Crippen LogP contribution in [0.4, 0.5) is 5.69 Å². The van der Waals surface area contributed by atoms with Crippen LogP contribution in [0.25, 0.3) is 22.6 Å². The summed E-state index contributed by atoms with van der Waals surface area (Å²) < 4.78 is 12.2. The van der Waals surface area contributed by atoms with Gasteiger partial charge in [0.2, 0.25) is 5.89 Å². The van der Waals surface area contributed by atoms with E-state index in [1.165, 1.54) is 0 Å². The van der Waals surface area contributed by atoms with E-state index in [9.17, 15) is 4.79 Å². The van der Waals surface area contributed by atoms with E-state index < -0.39 is 0 Å². The van der Waals surface area contributed by atoms with Crippen LogP contribution in [0.1, 0.15) is 0 Å². The van der Waals surface area contributed by atoms with Crippen LogP contribution in [0.15, 0.2) is 81.7 Å². The van der Waals surface area contributed by atoms with Crippen molar-refractivity contribution in [3.05, 3.63) is 77.3 Å². The third-order valence-electron chi connectivity index (χ3n) is 3.88. The summed E-state index contributed by atoms with van der Waals surface area (Å²) in [4.78, 5) is 16.6. The normalized spacial score (nSPS) is 10.7. The lowest BCUT2D eigenvalue weighted by atomic mass is 10.2. The van der Waals surface area contributed by atoms with Gasteiger partial charge in [0.15, 0.2) is 12.2 Å². The van der Waals surface area contributed by atoms with Crippen molar-refractivity contribution < 1.29 is 13.9 Å². The number of aromatic nitrogens is 1. The van der Waals surface area contributed by atoms with Crippen molar-refractivity contribution in [2.75, 3.05) is 11.9 Å². The number of ether oxygens (including phenoxy) is 1. The van der Waals surface area contributed by atoms with Crippen LogP contribution in [0.3, 0.4) is 0 Å². The van der Waals surface area contributed by atoms with E-state index >= 15 is 0 Å². The number of hydrogen-bond acceptors (Lipinski definition) is 4. The molecule has 4 aromatic rings. The number of nitrogens with zero attached hydrogens (tertiary/aromatic N) is 1. The molecule has 0 radical (unpaired) electrons. The molecule has 0 aliphatic heterocycles. The maximum absolute atomic E-state index is 12.1. The largest absolute Gasteiger partial charge is 0.484 e. The number of rotatable bonds is 5. The van der Waals surface area contributed by atoms with E-state index in [1.54, 1.807) is 30.3 Å². The molecule has 1 N–H and O–H groups in total.